The summed E-state index contributed by atoms with van der Waals surface area (Å²) in [5.41, 5.74) is 6.12. The van der Waals surface area contributed by atoms with E-state index in [-0.39, 0.29) is 22.4 Å². The summed E-state index contributed by atoms with van der Waals surface area (Å²) in [5, 5.41) is 3.04. The Balaban J connectivity index is 2.99. The van der Waals surface area contributed by atoms with Gasteiger partial charge in [-0.15, -0.1) is 0 Å². The molecule has 3 N–H and O–H groups in total. The van der Waals surface area contributed by atoms with Crippen molar-refractivity contribution in [3.8, 4) is 0 Å². The van der Waals surface area contributed by atoms with E-state index >= 15 is 0 Å². The zero-order valence-electron chi connectivity index (χ0n) is 12.7. The lowest BCUT2D eigenvalue weighted by Crippen LogP contribution is -2.28. The molecule has 1 aromatic rings. The van der Waals surface area contributed by atoms with E-state index in [1.54, 1.807) is 0 Å². The maximum absolute atomic E-state index is 13.9. The molecule has 4 nitrogen and oxygen atoms in total. The Morgan fingerprint density at radius 1 is 1.45 bits per heavy atom. The third-order valence-electron chi connectivity index (χ3n) is 3.84. The average molecular weight is 282 g/mol. The van der Waals surface area contributed by atoms with E-state index in [0.29, 0.717) is 12.5 Å². The first-order valence-electron chi connectivity index (χ1n) is 6.60. The van der Waals surface area contributed by atoms with Gasteiger partial charge in [0, 0.05) is 12.2 Å². The van der Waals surface area contributed by atoms with Crippen LogP contribution in [0, 0.1) is 17.2 Å². The van der Waals surface area contributed by atoms with Gasteiger partial charge in [0.05, 0.1) is 18.4 Å². The molecule has 0 amide bonds. The number of benzene rings is 1. The molecule has 0 aliphatic rings. The zero-order chi connectivity index (χ0) is 15.5. The third-order valence-corrected chi connectivity index (χ3v) is 3.84. The minimum absolute atomic E-state index is 0.000739. The molecule has 0 aliphatic heterocycles. The number of nitrogens with one attached hydrogen (secondary N) is 1. The number of anilines is 2. The van der Waals surface area contributed by atoms with E-state index in [1.807, 2.05) is 0 Å². The van der Waals surface area contributed by atoms with Crippen molar-refractivity contribution >= 4 is 17.3 Å². The van der Waals surface area contributed by atoms with Gasteiger partial charge in [0.2, 0.25) is 0 Å². The summed E-state index contributed by atoms with van der Waals surface area (Å²) in [4.78, 5) is 11.6. The molecule has 1 rings (SSSR count). The molecule has 0 spiro atoms. The van der Waals surface area contributed by atoms with Crippen LogP contribution in [0.25, 0.3) is 0 Å². The molecule has 0 bridgehead atoms. The Morgan fingerprint density at radius 2 is 2.05 bits per heavy atom. The number of hydrogen-bond acceptors (Lipinski definition) is 4. The molecule has 0 aliphatic carbocycles. The Hall–Kier alpha value is -1.78. The molecule has 0 saturated carbocycles. The second kappa shape index (κ2) is 6.11. The van der Waals surface area contributed by atoms with Crippen molar-refractivity contribution < 1.29 is 13.9 Å². The highest BCUT2D eigenvalue weighted by Gasteiger charge is 2.23. The third kappa shape index (κ3) is 3.62. The van der Waals surface area contributed by atoms with E-state index in [4.69, 9.17) is 5.73 Å². The van der Waals surface area contributed by atoms with Gasteiger partial charge in [-0.1, -0.05) is 27.7 Å². The number of nitrogens with two attached hydrogens (primary N) is 1. The van der Waals surface area contributed by atoms with Crippen molar-refractivity contribution in [3.05, 3.63) is 23.5 Å². The van der Waals surface area contributed by atoms with E-state index < -0.39 is 11.8 Å². The van der Waals surface area contributed by atoms with Crippen molar-refractivity contribution in [1.29, 1.82) is 0 Å². The number of methoxy groups -OCH3 is 1. The van der Waals surface area contributed by atoms with Crippen LogP contribution in [0.4, 0.5) is 15.8 Å². The fraction of sp³-hybridized carbons (Fsp3) is 0.533. The average Bonchev–Trinajstić information content (AvgIpc) is 2.36. The molecular weight excluding hydrogens is 259 g/mol. The molecule has 0 aromatic heterocycles. The molecule has 0 saturated heterocycles. The van der Waals surface area contributed by atoms with Crippen molar-refractivity contribution in [2.24, 2.45) is 11.3 Å². The molecule has 0 atom stereocenters. The first kappa shape index (κ1) is 16.3. The van der Waals surface area contributed by atoms with Crippen LogP contribution in [0.3, 0.4) is 0 Å². The van der Waals surface area contributed by atoms with Crippen LogP contribution < -0.4 is 11.1 Å². The Morgan fingerprint density at radius 3 is 2.55 bits per heavy atom. The summed E-state index contributed by atoms with van der Waals surface area (Å²) in [6, 6.07) is 2.53. The first-order valence-corrected chi connectivity index (χ1v) is 6.60. The van der Waals surface area contributed by atoms with Gasteiger partial charge < -0.3 is 15.8 Å². The number of hydrogen-bond donors (Lipinski definition) is 2. The number of carbonyl (C=O) groups excluding carboxylic acids is 1. The largest absolute Gasteiger partial charge is 0.465 e. The second-order valence-electron chi connectivity index (χ2n) is 5.91. The first-order chi connectivity index (χ1) is 9.19. The normalized spacial score (nSPS) is 11.6. The highest BCUT2D eigenvalue weighted by molar-refractivity contribution is 5.96. The Labute approximate surface area is 119 Å². The van der Waals surface area contributed by atoms with E-state index in [9.17, 15) is 9.18 Å². The van der Waals surface area contributed by atoms with Gasteiger partial charge in [-0.3, -0.25) is 0 Å². The van der Waals surface area contributed by atoms with Crippen molar-refractivity contribution in [3.63, 3.8) is 0 Å². The molecule has 0 radical (unpaired) electrons. The number of rotatable bonds is 5. The molecule has 0 heterocycles. The molecule has 112 valence electrons. The summed E-state index contributed by atoms with van der Waals surface area (Å²) in [5.74, 6) is -0.615. The van der Waals surface area contributed by atoms with E-state index in [2.05, 4.69) is 37.7 Å². The molecule has 0 unspecified atom stereocenters. The molecule has 0 fully saturated rings. The van der Waals surface area contributed by atoms with Crippen LogP contribution in [-0.4, -0.2) is 19.6 Å². The number of nitrogen functional groups attached to an aromatic ring is 1. The van der Waals surface area contributed by atoms with Gasteiger partial charge in [-0.25, -0.2) is 9.18 Å². The molecular formula is C15H23FN2O2. The minimum atomic E-state index is -0.575. The smallest absolute Gasteiger partial charge is 0.340 e. The fourth-order valence-corrected chi connectivity index (χ4v) is 1.54. The number of carbonyl (C=O) groups is 1. The van der Waals surface area contributed by atoms with Crippen molar-refractivity contribution in [2.75, 3.05) is 24.7 Å². The lowest BCUT2D eigenvalue weighted by molar-refractivity contribution is 0.0602. The predicted octanol–water partition coefficient (Wildman–Crippen LogP) is 3.29. The standard InChI is InChI=1S/C15H23FN2O2/c1-9(2)15(3,4)8-18-13-6-10(14(19)20-5)12(17)7-11(13)16/h6-7,9,18H,8,17H2,1-5H3. The fourth-order valence-electron chi connectivity index (χ4n) is 1.54. The minimum Gasteiger partial charge on any atom is -0.465 e. The van der Waals surface area contributed by atoms with Gasteiger partial charge in [0.25, 0.3) is 0 Å². The predicted molar refractivity (Wildman–Crippen MR) is 79.3 cm³/mol. The van der Waals surface area contributed by atoms with Crippen LogP contribution in [0.1, 0.15) is 38.1 Å². The van der Waals surface area contributed by atoms with Crippen molar-refractivity contribution in [2.45, 2.75) is 27.7 Å². The summed E-state index contributed by atoms with van der Waals surface area (Å²) in [7, 11) is 1.26. The van der Waals surface area contributed by atoms with Crippen molar-refractivity contribution in [1.82, 2.24) is 0 Å². The van der Waals surface area contributed by atoms with E-state index in [1.165, 1.54) is 13.2 Å². The second-order valence-corrected chi connectivity index (χ2v) is 5.91. The summed E-state index contributed by atoms with van der Waals surface area (Å²) in [6.07, 6.45) is 0. The van der Waals surface area contributed by atoms with Gasteiger partial charge >= 0.3 is 5.97 Å². The number of esters is 1. The van der Waals surface area contributed by atoms with Crippen LogP contribution in [0.5, 0.6) is 0 Å². The summed E-state index contributed by atoms with van der Waals surface area (Å²) >= 11 is 0. The SMILES string of the molecule is COC(=O)c1cc(NCC(C)(C)C(C)C)c(F)cc1N. The lowest BCUT2D eigenvalue weighted by atomic mass is 9.81. The summed E-state index contributed by atoms with van der Waals surface area (Å²) < 4.78 is 18.5. The van der Waals surface area contributed by atoms with Crippen LogP contribution in [-0.2, 0) is 4.74 Å². The molecule has 20 heavy (non-hydrogen) atoms. The van der Waals surface area contributed by atoms with Gasteiger partial charge in [-0.2, -0.15) is 0 Å². The quantitative estimate of drug-likeness (QED) is 0.642. The zero-order valence-corrected chi connectivity index (χ0v) is 12.7. The van der Waals surface area contributed by atoms with Gasteiger partial charge in [0.15, 0.2) is 0 Å². The highest BCUT2D eigenvalue weighted by atomic mass is 19.1. The van der Waals surface area contributed by atoms with Crippen LogP contribution >= 0.6 is 0 Å². The van der Waals surface area contributed by atoms with Gasteiger partial charge in [0.1, 0.15) is 5.82 Å². The molecule has 5 heteroatoms. The Kier molecular flexibility index (Phi) is 4.98. The van der Waals surface area contributed by atoms with Crippen LogP contribution in [0.2, 0.25) is 0 Å². The maximum atomic E-state index is 13.9. The topological polar surface area (TPSA) is 64.3 Å². The van der Waals surface area contributed by atoms with Gasteiger partial charge in [-0.05, 0) is 23.5 Å². The lowest BCUT2D eigenvalue weighted by Gasteiger charge is -2.30. The monoisotopic (exact) mass is 282 g/mol. The van der Waals surface area contributed by atoms with Crippen LogP contribution in [0.15, 0.2) is 12.1 Å². The van der Waals surface area contributed by atoms with E-state index in [0.717, 1.165) is 6.07 Å². The number of ether oxygens (including phenoxy) is 1. The number of halogens is 1. The highest BCUT2D eigenvalue weighted by Crippen LogP contribution is 2.28. The summed E-state index contributed by atoms with van der Waals surface area (Å²) in [6.45, 7) is 9.01. The Bertz CT molecular complexity index is 499. The molecule has 1 aromatic carbocycles. The maximum Gasteiger partial charge on any atom is 0.340 e.